The number of halogens is 1. The van der Waals surface area contributed by atoms with Crippen molar-refractivity contribution in [2.75, 3.05) is 32.7 Å². The maximum Gasteiger partial charge on any atom is 0.106 e. The van der Waals surface area contributed by atoms with Crippen LogP contribution in [0.15, 0.2) is 24.3 Å². The van der Waals surface area contributed by atoms with E-state index >= 15 is 0 Å². The zero-order chi connectivity index (χ0) is 15.6. The molecule has 2 saturated heterocycles. The Morgan fingerprint density at radius 3 is 2.71 bits per heavy atom. The summed E-state index contributed by atoms with van der Waals surface area (Å²) in [5.41, 5.74) is 2.45. The quantitative estimate of drug-likeness (QED) is 0.922. The smallest absolute Gasteiger partial charge is 0.106 e. The van der Waals surface area contributed by atoms with Crippen LogP contribution in [0.2, 0.25) is 0 Å². The maximum atomic E-state index is 4.74. The van der Waals surface area contributed by atoms with Crippen LogP contribution >= 0.6 is 12.4 Å². The molecule has 0 bridgehead atoms. The molecular formula is C19H29ClN4. The fraction of sp³-hybridized carbons (Fsp3) is 0.632. The number of imidazole rings is 1. The van der Waals surface area contributed by atoms with Gasteiger partial charge in [-0.1, -0.05) is 12.1 Å². The van der Waals surface area contributed by atoms with Crippen molar-refractivity contribution in [1.82, 2.24) is 19.8 Å². The highest BCUT2D eigenvalue weighted by molar-refractivity contribution is 5.85. The lowest BCUT2D eigenvalue weighted by Crippen LogP contribution is -2.42. The molecule has 4 rings (SSSR count). The van der Waals surface area contributed by atoms with Crippen LogP contribution in [-0.4, -0.2) is 47.2 Å². The average molecular weight is 349 g/mol. The van der Waals surface area contributed by atoms with E-state index in [9.17, 15) is 0 Å². The molecular weight excluding hydrogens is 320 g/mol. The molecule has 0 radical (unpaired) electrons. The summed E-state index contributed by atoms with van der Waals surface area (Å²) in [5.74, 6) is 2.03. The highest BCUT2D eigenvalue weighted by atomic mass is 35.5. The first-order valence-electron chi connectivity index (χ1n) is 9.18. The summed E-state index contributed by atoms with van der Waals surface area (Å²) in [5, 5.41) is 3.54. The molecule has 0 aliphatic carbocycles. The fourth-order valence-corrected chi connectivity index (χ4v) is 4.43. The molecule has 1 atom stereocenters. The summed E-state index contributed by atoms with van der Waals surface area (Å²) >= 11 is 0. The number of aromatic nitrogens is 2. The van der Waals surface area contributed by atoms with Crippen LogP contribution in [0.4, 0.5) is 0 Å². The first-order chi connectivity index (χ1) is 11.3. The van der Waals surface area contributed by atoms with Crippen molar-refractivity contribution >= 4 is 23.4 Å². The maximum absolute atomic E-state index is 4.74. The molecule has 2 fully saturated rings. The van der Waals surface area contributed by atoms with Gasteiger partial charge in [-0.05, 0) is 63.7 Å². The Hall–Kier alpha value is -1.10. The van der Waals surface area contributed by atoms with E-state index in [2.05, 4.69) is 46.0 Å². The Labute approximate surface area is 151 Å². The monoisotopic (exact) mass is 348 g/mol. The summed E-state index contributed by atoms with van der Waals surface area (Å²) < 4.78 is 2.48. The largest absolute Gasteiger partial charge is 0.325 e. The van der Waals surface area contributed by atoms with Gasteiger partial charge in [0.1, 0.15) is 5.82 Å². The van der Waals surface area contributed by atoms with Gasteiger partial charge in [-0.3, -0.25) is 0 Å². The van der Waals surface area contributed by atoms with Crippen molar-refractivity contribution in [2.45, 2.75) is 38.6 Å². The van der Waals surface area contributed by atoms with Gasteiger partial charge in [0.05, 0.1) is 11.0 Å². The molecule has 4 nitrogen and oxygen atoms in total. The second-order valence-corrected chi connectivity index (χ2v) is 7.26. The number of benzene rings is 1. The molecule has 2 aromatic rings. The Kier molecular flexibility index (Phi) is 5.80. The number of rotatable bonds is 3. The molecule has 1 unspecified atom stereocenters. The zero-order valence-electron chi connectivity index (χ0n) is 14.6. The molecule has 24 heavy (non-hydrogen) atoms. The molecule has 132 valence electrons. The molecule has 1 N–H and O–H groups in total. The predicted molar refractivity (Wildman–Crippen MR) is 102 cm³/mol. The Morgan fingerprint density at radius 2 is 1.96 bits per heavy atom. The molecule has 3 heterocycles. The van der Waals surface area contributed by atoms with Gasteiger partial charge in [-0.15, -0.1) is 12.4 Å². The highest BCUT2D eigenvalue weighted by Crippen LogP contribution is 2.29. The lowest BCUT2D eigenvalue weighted by molar-refractivity contribution is 0.152. The minimum atomic E-state index is 0. The van der Waals surface area contributed by atoms with E-state index < -0.39 is 0 Å². The number of nitrogens with one attached hydrogen (secondary N) is 1. The summed E-state index contributed by atoms with van der Waals surface area (Å²) in [6.07, 6.45) is 5.25. The molecule has 1 aromatic carbocycles. The first-order valence-corrected chi connectivity index (χ1v) is 9.18. The number of nitrogens with zero attached hydrogens (tertiary/aromatic N) is 3. The topological polar surface area (TPSA) is 33.1 Å². The lowest BCUT2D eigenvalue weighted by Gasteiger charge is -2.36. The summed E-state index contributed by atoms with van der Waals surface area (Å²) in [4.78, 5) is 7.43. The SMILES string of the molecule is Cc1nc2ccccc2n1C1CCN(CC2CCCNC2)CC1.Cl. The number of fused-ring (bicyclic) bond motifs is 1. The first kappa shape index (κ1) is 17.7. The second-order valence-electron chi connectivity index (χ2n) is 7.26. The number of hydrogen-bond donors (Lipinski definition) is 1. The zero-order valence-corrected chi connectivity index (χ0v) is 15.4. The van der Waals surface area contributed by atoms with Gasteiger partial charge in [-0.2, -0.15) is 0 Å². The summed E-state index contributed by atoms with van der Waals surface area (Å²) in [6.45, 7) is 8.32. The van der Waals surface area contributed by atoms with Gasteiger partial charge < -0.3 is 14.8 Å². The van der Waals surface area contributed by atoms with E-state index in [0.29, 0.717) is 6.04 Å². The van der Waals surface area contributed by atoms with Gasteiger partial charge in [0.25, 0.3) is 0 Å². The standard InChI is InChI=1S/C19H28N4.ClH/c1-15-21-18-6-2-3-7-19(18)23(15)17-8-11-22(12-9-17)14-16-5-4-10-20-13-16;/h2-3,6-7,16-17,20H,4-5,8-14H2,1H3;1H. The third-order valence-electron chi connectivity index (χ3n) is 5.61. The van der Waals surface area contributed by atoms with Crippen LogP contribution in [0.3, 0.4) is 0 Å². The minimum absolute atomic E-state index is 0. The van der Waals surface area contributed by atoms with Crippen molar-refractivity contribution in [2.24, 2.45) is 5.92 Å². The van der Waals surface area contributed by atoms with Gasteiger partial charge in [0.2, 0.25) is 0 Å². The molecule has 0 spiro atoms. The fourth-order valence-electron chi connectivity index (χ4n) is 4.43. The molecule has 1 aromatic heterocycles. The molecule has 2 aliphatic heterocycles. The number of hydrogen-bond acceptors (Lipinski definition) is 3. The van der Waals surface area contributed by atoms with Crippen molar-refractivity contribution < 1.29 is 0 Å². The van der Waals surface area contributed by atoms with E-state index in [0.717, 1.165) is 11.4 Å². The Bertz CT molecular complexity index is 654. The number of aryl methyl sites for hydroxylation is 1. The predicted octanol–water partition coefficient (Wildman–Crippen LogP) is 3.40. The van der Waals surface area contributed by atoms with Gasteiger partial charge >= 0.3 is 0 Å². The van der Waals surface area contributed by atoms with E-state index in [1.54, 1.807) is 0 Å². The van der Waals surface area contributed by atoms with Crippen molar-refractivity contribution in [1.29, 1.82) is 0 Å². The van der Waals surface area contributed by atoms with E-state index in [-0.39, 0.29) is 12.4 Å². The van der Waals surface area contributed by atoms with Crippen LogP contribution in [0, 0.1) is 12.8 Å². The average Bonchev–Trinajstić information content (AvgIpc) is 2.92. The van der Waals surface area contributed by atoms with Crippen molar-refractivity contribution in [3.63, 3.8) is 0 Å². The Morgan fingerprint density at radius 1 is 1.17 bits per heavy atom. The number of piperidine rings is 2. The van der Waals surface area contributed by atoms with Crippen molar-refractivity contribution in [3.8, 4) is 0 Å². The summed E-state index contributed by atoms with van der Waals surface area (Å²) in [7, 11) is 0. The number of likely N-dealkylation sites (tertiary alicyclic amines) is 1. The molecule has 0 saturated carbocycles. The van der Waals surface area contributed by atoms with Crippen LogP contribution in [0.25, 0.3) is 11.0 Å². The Balaban J connectivity index is 0.00000169. The third kappa shape index (κ3) is 3.61. The molecule has 5 heteroatoms. The van der Waals surface area contributed by atoms with E-state index in [1.807, 2.05) is 0 Å². The van der Waals surface area contributed by atoms with Crippen LogP contribution in [0.1, 0.15) is 37.5 Å². The van der Waals surface area contributed by atoms with E-state index in [4.69, 9.17) is 4.98 Å². The minimum Gasteiger partial charge on any atom is -0.325 e. The van der Waals surface area contributed by atoms with Gasteiger partial charge in [-0.25, -0.2) is 4.98 Å². The second kappa shape index (κ2) is 7.85. The molecule has 2 aliphatic rings. The van der Waals surface area contributed by atoms with Crippen molar-refractivity contribution in [3.05, 3.63) is 30.1 Å². The van der Waals surface area contributed by atoms with Crippen LogP contribution < -0.4 is 5.32 Å². The van der Waals surface area contributed by atoms with E-state index in [1.165, 1.54) is 69.7 Å². The van der Waals surface area contributed by atoms with Gasteiger partial charge in [0, 0.05) is 25.7 Å². The normalized spacial score (nSPS) is 23.3. The van der Waals surface area contributed by atoms with Crippen LogP contribution in [0.5, 0.6) is 0 Å². The van der Waals surface area contributed by atoms with Crippen LogP contribution in [-0.2, 0) is 0 Å². The number of para-hydroxylation sites is 2. The van der Waals surface area contributed by atoms with Gasteiger partial charge in [0.15, 0.2) is 0 Å². The molecule has 0 amide bonds. The summed E-state index contributed by atoms with van der Waals surface area (Å²) in [6, 6.07) is 9.17. The third-order valence-corrected chi connectivity index (χ3v) is 5.61. The highest BCUT2D eigenvalue weighted by Gasteiger charge is 2.25. The lowest BCUT2D eigenvalue weighted by atomic mass is 9.97.